The summed E-state index contributed by atoms with van der Waals surface area (Å²) in [5.74, 6) is -2.56. The second kappa shape index (κ2) is 19.5. The maximum Gasteiger partial charge on any atom is 0.326 e. The first-order valence-corrected chi connectivity index (χ1v) is 15.2. The summed E-state index contributed by atoms with van der Waals surface area (Å²) in [4.78, 5) is 57.3. The van der Waals surface area contributed by atoms with Gasteiger partial charge in [-0.25, -0.2) is 4.79 Å². The van der Waals surface area contributed by atoms with Gasteiger partial charge >= 0.3 is 5.97 Å². The van der Waals surface area contributed by atoms with Crippen molar-refractivity contribution in [2.24, 2.45) is 28.1 Å². The molecular formula is C30H50N8O6. The molecule has 10 N–H and O–H groups in total. The third-order valence-electron chi connectivity index (χ3n) is 7.81. The average molecular weight is 619 g/mol. The van der Waals surface area contributed by atoms with Gasteiger partial charge in [0.25, 0.3) is 0 Å². The Hall–Kier alpha value is -3.75. The maximum atomic E-state index is 13.8. The van der Waals surface area contributed by atoms with E-state index in [0.717, 1.165) is 5.56 Å². The van der Waals surface area contributed by atoms with Gasteiger partial charge in [0.05, 0.1) is 12.1 Å². The molecule has 0 aromatic heterocycles. The van der Waals surface area contributed by atoms with E-state index < -0.39 is 30.0 Å². The number of carbonyl (C=O) groups is 4. The highest BCUT2D eigenvalue weighted by atomic mass is 16.5. The summed E-state index contributed by atoms with van der Waals surface area (Å²) in [5, 5.41) is 18.2. The smallest absolute Gasteiger partial charge is 0.326 e. The van der Waals surface area contributed by atoms with Crippen molar-refractivity contribution in [2.75, 3.05) is 40.3 Å². The number of carboxylic acid groups (broad SMARTS) is 1. The van der Waals surface area contributed by atoms with Crippen LogP contribution in [0.5, 0.6) is 0 Å². The fourth-order valence-corrected chi connectivity index (χ4v) is 5.39. The number of nitrogens with two attached hydrogens (primary N) is 3. The van der Waals surface area contributed by atoms with Gasteiger partial charge in [0.1, 0.15) is 12.1 Å². The van der Waals surface area contributed by atoms with Crippen LogP contribution < -0.4 is 33.2 Å². The highest BCUT2D eigenvalue weighted by Gasteiger charge is 2.36. The SMILES string of the molecule is CN[C@H](Cc1ccccc1)C(=O)N[C@@H](CCCCN)C(=O)N1CC[C@H](OC)[C@H](CC(=O)N[C@@H](CCCN=C(N)N)C(=O)O)C1. The Morgan fingerprint density at radius 1 is 1.05 bits per heavy atom. The standard InChI is InChI=1S/C30H50N8O6/c1-34-24(17-20-9-4-3-5-10-20)27(40)37-22(11-6-7-14-31)28(41)38-16-13-25(44-2)21(19-38)18-26(39)36-23(29(42)43)12-8-15-35-30(32)33/h3-5,9-10,21-25,34H,6-8,11-19,31H2,1-2H3,(H,36,39)(H,37,40)(H,42,43)(H4,32,33,35)/t21-,22+,23+,24-,25+/m1/s1. The van der Waals surface area contributed by atoms with Gasteiger partial charge in [-0.3, -0.25) is 19.4 Å². The second-order valence-corrected chi connectivity index (χ2v) is 11.1. The number of likely N-dealkylation sites (tertiary alicyclic amines) is 1. The molecule has 0 saturated carbocycles. The first kappa shape index (κ1) is 36.4. The highest BCUT2D eigenvalue weighted by molar-refractivity contribution is 5.90. The van der Waals surface area contributed by atoms with E-state index in [0.29, 0.717) is 51.6 Å². The number of nitrogens with zero attached hydrogens (tertiary/aromatic N) is 2. The van der Waals surface area contributed by atoms with Gasteiger partial charge in [0.2, 0.25) is 17.7 Å². The minimum Gasteiger partial charge on any atom is -0.480 e. The Balaban J connectivity index is 2.08. The minimum atomic E-state index is -1.16. The monoisotopic (exact) mass is 618 g/mol. The van der Waals surface area contributed by atoms with Crippen molar-refractivity contribution in [1.82, 2.24) is 20.9 Å². The molecule has 0 radical (unpaired) electrons. The number of rotatable bonds is 19. The molecule has 246 valence electrons. The number of ether oxygens (including phenoxy) is 1. The molecule has 1 fully saturated rings. The summed E-state index contributed by atoms with van der Waals surface area (Å²) in [6, 6.07) is 7.25. The van der Waals surface area contributed by atoms with Gasteiger partial charge in [-0.15, -0.1) is 0 Å². The van der Waals surface area contributed by atoms with Crippen LogP contribution in [-0.4, -0.2) is 104 Å². The number of guanidine groups is 1. The lowest BCUT2D eigenvalue weighted by Crippen LogP contribution is -2.56. The third kappa shape index (κ3) is 12.5. The van der Waals surface area contributed by atoms with E-state index in [1.165, 1.54) is 0 Å². The zero-order chi connectivity index (χ0) is 32.5. The number of hydrogen-bond acceptors (Lipinski definition) is 8. The van der Waals surface area contributed by atoms with Gasteiger partial charge in [-0.05, 0) is 64.1 Å². The van der Waals surface area contributed by atoms with E-state index in [2.05, 4.69) is 20.9 Å². The van der Waals surface area contributed by atoms with E-state index in [1.807, 2.05) is 30.3 Å². The molecule has 1 saturated heterocycles. The molecule has 0 aliphatic carbocycles. The number of benzene rings is 1. The van der Waals surface area contributed by atoms with Crippen LogP contribution in [0.2, 0.25) is 0 Å². The molecule has 0 bridgehead atoms. The Morgan fingerprint density at radius 3 is 2.36 bits per heavy atom. The van der Waals surface area contributed by atoms with Crippen molar-refractivity contribution in [3.8, 4) is 0 Å². The number of methoxy groups -OCH3 is 1. The fraction of sp³-hybridized carbons (Fsp3) is 0.633. The lowest BCUT2D eigenvalue weighted by atomic mass is 9.90. The van der Waals surface area contributed by atoms with E-state index >= 15 is 0 Å². The van der Waals surface area contributed by atoms with E-state index in [-0.39, 0.29) is 55.7 Å². The van der Waals surface area contributed by atoms with Crippen LogP contribution in [0.3, 0.4) is 0 Å². The molecule has 2 rings (SSSR count). The van der Waals surface area contributed by atoms with Crippen LogP contribution in [0.25, 0.3) is 0 Å². The normalized spacial score (nSPS) is 18.5. The Kier molecular flexibility index (Phi) is 16.2. The Morgan fingerprint density at radius 2 is 1.75 bits per heavy atom. The number of nitrogens with one attached hydrogen (secondary N) is 3. The number of amides is 3. The fourth-order valence-electron chi connectivity index (χ4n) is 5.39. The Bertz CT molecular complexity index is 1080. The van der Waals surface area contributed by atoms with Crippen LogP contribution in [0.15, 0.2) is 35.3 Å². The van der Waals surface area contributed by atoms with Crippen LogP contribution in [0, 0.1) is 5.92 Å². The molecule has 14 heteroatoms. The number of aliphatic carboxylic acids is 1. The number of piperidine rings is 1. The van der Waals surface area contributed by atoms with Gasteiger partial charge in [0, 0.05) is 39.1 Å². The van der Waals surface area contributed by atoms with Gasteiger partial charge in [-0.2, -0.15) is 0 Å². The first-order chi connectivity index (χ1) is 21.1. The maximum absolute atomic E-state index is 13.8. The lowest BCUT2D eigenvalue weighted by Gasteiger charge is -2.39. The van der Waals surface area contributed by atoms with Crippen molar-refractivity contribution in [2.45, 2.75) is 75.6 Å². The average Bonchev–Trinajstić information content (AvgIpc) is 3.00. The molecule has 0 unspecified atom stereocenters. The minimum absolute atomic E-state index is 0.0247. The van der Waals surface area contributed by atoms with E-state index in [9.17, 15) is 24.3 Å². The van der Waals surface area contributed by atoms with Gasteiger partial charge in [0.15, 0.2) is 5.96 Å². The number of carboxylic acids is 1. The molecule has 14 nitrogen and oxygen atoms in total. The number of carbonyl (C=O) groups excluding carboxylic acids is 3. The van der Waals surface area contributed by atoms with E-state index in [1.54, 1.807) is 19.1 Å². The summed E-state index contributed by atoms with van der Waals surface area (Å²) >= 11 is 0. The molecule has 1 aromatic rings. The molecule has 0 spiro atoms. The van der Waals surface area contributed by atoms with Crippen LogP contribution in [0.1, 0.15) is 50.5 Å². The quantitative estimate of drug-likeness (QED) is 0.0586. The summed E-state index contributed by atoms with van der Waals surface area (Å²) in [5.41, 5.74) is 17.3. The summed E-state index contributed by atoms with van der Waals surface area (Å²) in [6.45, 7) is 1.36. The van der Waals surface area contributed by atoms with Crippen molar-refractivity contribution in [3.63, 3.8) is 0 Å². The number of likely N-dealkylation sites (N-methyl/N-ethyl adjacent to an activating group) is 1. The molecule has 5 atom stereocenters. The summed E-state index contributed by atoms with van der Waals surface area (Å²) in [7, 11) is 3.26. The third-order valence-corrected chi connectivity index (χ3v) is 7.81. The summed E-state index contributed by atoms with van der Waals surface area (Å²) < 4.78 is 5.63. The van der Waals surface area contributed by atoms with Crippen LogP contribution >= 0.6 is 0 Å². The molecule has 44 heavy (non-hydrogen) atoms. The van der Waals surface area contributed by atoms with Crippen molar-refractivity contribution in [1.29, 1.82) is 0 Å². The summed E-state index contributed by atoms with van der Waals surface area (Å²) in [6.07, 6.45) is 2.98. The van der Waals surface area contributed by atoms with Gasteiger partial charge < -0.3 is 47.9 Å². The lowest BCUT2D eigenvalue weighted by molar-refractivity contribution is -0.143. The first-order valence-electron chi connectivity index (χ1n) is 15.2. The Labute approximate surface area is 259 Å². The number of aliphatic imine (C=N–C) groups is 1. The van der Waals surface area contributed by atoms with Gasteiger partial charge in [-0.1, -0.05) is 30.3 Å². The molecule has 1 heterocycles. The molecule has 1 aliphatic rings. The van der Waals surface area contributed by atoms with E-state index in [4.69, 9.17) is 21.9 Å². The largest absolute Gasteiger partial charge is 0.480 e. The van der Waals surface area contributed by atoms with Crippen LogP contribution in [0.4, 0.5) is 0 Å². The molecule has 1 aromatic carbocycles. The zero-order valence-corrected chi connectivity index (χ0v) is 25.9. The van der Waals surface area contributed by atoms with Crippen LogP contribution in [-0.2, 0) is 30.3 Å². The van der Waals surface area contributed by atoms with Crippen molar-refractivity contribution < 1.29 is 29.0 Å². The molecule has 1 aliphatic heterocycles. The number of hydrogen-bond donors (Lipinski definition) is 7. The predicted molar refractivity (Wildman–Crippen MR) is 167 cm³/mol. The highest BCUT2D eigenvalue weighted by Crippen LogP contribution is 2.24. The topological polar surface area (TPSA) is 227 Å². The molecular weight excluding hydrogens is 568 g/mol. The van der Waals surface area contributed by atoms with Crippen molar-refractivity contribution in [3.05, 3.63) is 35.9 Å². The second-order valence-electron chi connectivity index (χ2n) is 11.1. The van der Waals surface area contributed by atoms with Crippen molar-refractivity contribution >= 4 is 29.7 Å². The molecule has 3 amide bonds. The zero-order valence-electron chi connectivity index (χ0n) is 25.9. The number of unbranched alkanes of at least 4 members (excludes halogenated alkanes) is 1. The predicted octanol–water partition coefficient (Wildman–Crippen LogP) is -0.692.